The number of hydrogen-bond acceptors (Lipinski definition) is 6. The third-order valence-electron chi connectivity index (χ3n) is 10.2. The van der Waals surface area contributed by atoms with E-state index in [9.17, 15) is 24.9 Å². The van der Waals surface area contributed by atoms with Gasteiger partial charge in [-0.2, -0.15) is 0 Å². The number of fused-ring (bicyclic) bond motifs is 5. The Morgan fingerprint density at radius 2 is 1.91 bits per heavy atom. The molecule has 0 radical (unpaired) electrons. The molecule has 4 fully saturated rings. The molecule has 0 spiro atoms. The summed E-state index contributed by atoms with van der Waals surface area (Å²) in [7, 11) is 0. The van der Waals surface area contributed by atoms with E-state index in [0.717, 1.165) is 44.2 Å². The number of aliphatic hydroxyl groups excluding tert-OH is 2. The number of hydrogen-bond donors (Lipinski definition) is 3. The Hall–Kier alpha value is -1.93. The number of allylic oxidation sites excluding steroid dienone is 2. The van der Waals surface area contributed by atoms with Gasteiger partial charge in [-0.15, -0.1) is 0 Å². The number of β-amino-alcohol motifs (C(OH)–C–C–N with tert-alkyl or cyclic N) is 1. The summed E-state index contributed by atoms with van der Waals surface area (Å²) in [5.74, 6) is 0.380. The van der Waals surface area contributed by atoms with Gasteiger partial charge in [-0.1, -0.05) is 24.6 Å². The van der Waals surface area contributed by atoms with Crippen LogP contribution < -0.4 is 0 Å². The average Bonchev–Trinajstić information content (AvgIpc) is 3.33. The molecule has 1 saturated heterocycles. The van der Waals surface area contributed by atoms with Gasteiger partial charge in [-0.3, -0.25) is 4.79 Å². The maximum absolute atomic E-state index is 12.4. The zero-order valence-electron chi connectivity index (χ0n) is 20.3. The van der Waals surface area contributed by atoms with Crippen LogP contribution in [0.25, 0.3) is 0 Å². The molecule has 8 atom stereocenters. The van der Waals surface area contributed by atoms with Crippen LogP contribution in [0, 0.1) is 28.6 Å². The molecule has 4 aliphatic carbocycles. The Morgan fingerprint density at radius 3 is 2.68 bits per heavy atom. The van der Waals surface area contributed by atoms with Crippen molar-refractivity contribution in [3.05, 3.63) is 11.6 Å². The summed E-state index contributed by atoms with van der Waals surface area (Å²) in [4.78, 5) is 30.3. The first-order valence-electron chi connectivity index (χ1n) is 12.9. The number of amides is 1. The van der Waals surface area contributed by atoms with Crippen LogP contribution in [0.1, 0.15) is 71.6 Å². The Bertz CT molecular complexity index is 917. The number of carbonyl (C=O) groups is 2. The normalized spacial score (nSPS) is 44.8. The predicted octanol–water partition coefficient (Wildman–Crippen LogP) is 2.73. The van der Waals surface area contributed by atoms with Crippen LogP contribution in [0.5, 0.6) is 0 Å². The van der Waals surface area contributed by atoms with Crippen molar-refractivity contribution in [1.29, 1.82) is 0 Å². The fourth-order valence-electron chi connectivity index (χ4n) is 8.19. The highest BCUT2D eigenvalue weighted by atomic mass is 16.6. The first kappa shape index (κ1) is 23.8. The highest BCUT2D eigenvalue weighted by molar-refractivity contribution is 5.96. The Balaban J connectivity index is 1.24. The van der Waals surface area contributed by atoms with Crippen LogP contribution in [0.4, 0.5) is 0 Å². The fraction of sp³-hybridized carbons (Fsp3) is 0.808. The first-order chi connectivity index (χ1) is 16.1. The first-order valence-corrected chi connectivity index (χ1v) is 12.9. The van der Waals surface area contributed by atoms with Gasteiger partial charge in [0.2, 0.25) is 0 Å². The standard InChI is InChI=1S/C26H38N2O6/c1-25-9-7-16(27-34-14-23(31)28-13-17(29)12-21(28)24(32)33)11-15(25)3-4-18-19-5-6-22(30)26(19,2)10-8-20(18)25/h11,17-22,29-30H,3-10,12-14H2,1-2H3,(H,32,33)/b27-16+/t17?,18?,19?,20?,21?,22?,25-,26-/m0/s1. The lowest BCUT2D eigenvalue weighted by atomic mass is 9.47. The van der Waals surface area contributed by atoms with Gasteiger partial charge in [-0.25, -0.2) is 4.79 Å². The largest absolute Gasteiger partial charge is 0.480 e. The van der Waals surface area contributed by atoms with Gasteiger partial charge in [0.05, 0.1) is 17.9 Å². The van der Waals surface area contributed by atoms with Crippen LogP contribution in [0.2, 0.25) is 0 Å². The molecule has 3 saturated carbocycles. The Kier molecular flexibility index (Phi) is 6.04. The topological polar surface area (TPSA) is 120 Å². The summed E-state index contributed by atoms with van der Waals surface area (Å²) >= 11 is 0. The van der Waals surface area contributed by atoms with E-state index in [4.69, 9.17) is 4.84 Å². The van der Waals surface area contributed by atoms with Crippen LogP contribution in [-0.4, -0.2) is 69.2 Å². The summed E-state index contributed by atoms with van der Waals surface area (Å²) in [6.45, 7) is 4.41. The summed E-state index contributed by atoms with van der Waals surface area (Å²) in [5, 5.41) is 33.9. The zero-order valence-corrected chi connectivity index (χ0v) is 20.3. The second-order valence-electron chi connectivity index (χ2n) is 11.8. The minimum absolute atomic E-state index is 0.0117. The number of nitrogens with zero attached hydrogens (tertiary/aromatic N) is 2. The van der Waals surface area contributed by atoms with E-state index in [2.05, 4.69) is 25.1 Å². The average molecular weight is 475 g/mol. The second-order valence-corrected chi connectivity index (χ2v) is 11.8. The van der Waals surface area contributed by atoms with E-state index in [0.29, 0.717) is 17.8 Å². The molecule has 188 valence electrons. The van der Waals surface area contributed by atoms with E-state index in [1.54, 1.807) is 0 Å². The van der Waals surface area contributed by atoms with Crippen LogP contribution in [-0.2, 0) is 14.4 Å². The minimum Gasteiger partial charge on any atom is -0.480 e. The highest BCUT2D eigenvalue weighted by Crippen LogP contribution is 2.65. The van der Waals surface area contributed by atoms with Crippen LogP contribution in [0.15, 0.2) is 16.8 Å². The van der Waals surface area contributed by atoms with Gasteiger partial charge in [0.1, 0.15) is 6.04 Å². The van der Waals surface area contributed by atoms with E-state index < -0.39 is 24.0 Å². The third-order valence-corrected chi connectivity index (χ3v) is 10.2. The maximum Gasteiger partial charge on any atom is 0.326 e. The van der Waals surface area contributed by atoms with Crippen molar-refractivity contribution < 1.29 is 29.7 Å². The quantitative estimate of drug-likeness (QED) is 0.539. The van der Waals surface area contributed by atoms with Gasteiger partial charge in [-0.05, 0) is 86.0 Å². The third kappa shape index (κ3) is 3.77. The number of likely N-dealkylation sites (tertiary alicyclic amines) is 1. The molecule has 3 N–H and O–H groups in total. The zero-order chi connectivity index (χ0) is 24.3. The molecule has 6 unspecified atom stereocenters. The number of rotatable bonds is 4. The highest BCUT2D eigenvalue weighted by Gasteiger charge is 2.58. The monoisotopic (exact) mass is 474 g/mol. The Morgan fingerprint density at radius 1 is 1.12 bits per heavy atom. The molecule has 8 nitrogen and oxygen atoms in total. The van der Waals surface area contributed by atoms with E-state index in [-0.39, 0.29) is 36.5 Å². The maximum atomic E-state index is 12.4. The van der Waals surface area contributed by atoms with Gasteiger partial charge >= 0.3 is 5.97 Å². The van der Waals surface area contributed by atoms with Gasteiger partial charge < -0.3 is 25.1 Å². The number of carboxylic acids is 1. The smallest absolute Gasteiger partial charge is 0.326 e. The number of aliphatic hydroxyl groups is 2. The molecule has 1 heterocycles. The van der Waals surface area contributed by atoms with E-state index in [1.165, 1.54) is 23.3 Å². The molecule has 0 bridgehead atoms. The van der Waals surface area contributed by atoms with Crippen molar-refractivity contribution in [1.82, 2.24) is 4.90 Å². The van der Waals surface area contributed by atoms with Gasteiger partial charge in [0.15, 0.2) is 6.61 Å². The summed E-state index contributed by atoms with van der Waals surface area (Å²) in [6.07, 6.45) is 9.64. The molecule has 5 rings (SSSR count). The molecule has 0 aromatic rings. The number of aliphatic carboxylic acids is 1. The van der Waals surface area contributed by atoms with Crippen molar-refractivity contribution >= 4 is 17.6 Å². The molecule has 0 aromatic carbocycles. The summed E-state index contributed by atoms with van der Waals surface area (Å²) in [6, 6.07) is -1.01. The number of carboxylic acid groups (broad SMARTS) is 1. The lowest BCUT2D eigenvalue weighted by Crippen LogP contribution is -2.51. The molecule has 1 aliphatic heterocycles. The molecular weight excluding hydrogens is 436 g/mol. The molecule has 34 heavy (non-hydrogen) atoms. The molecule has 8 heteroatoms. The number of oxime groups is 1. The van der Waals surface area contributed by atoms with Crippen LogP contribution in [0.3, 0.4) is 0 Å². The van der Waals surface area contributed by atoms with Crippen molar-refractivity contribution in [2.45, 2.75) is 89.9 Å². The lowest BCUT2D eigenvalue weighted by molar-refractivity contribution is -0.150. The minimum atomic E-state index is -1.11. The molecular formula is C26H38N2O6. The summed E-state index contributed by atoms with van der Waals surface area (Å²) < 4.78 is 0. The van der Waals surface area contributed by atoms with E-state index >= 15 is 0 Å². The van der Waals surface area contributed by atoms with Crippen molar-refractivity contribution in [2.75, 3.05) is 13.2 Å². The van der Waals surface area contributed by atoms with E-state index in [1.807, 2.05) is 0 Å². The molecule has 1 amide bonds. The SMILES string of the molecule is C[C@]12CCC3C(CCC4=C/C(=N/OCC(=O)N5CC(O)CC5C(=O)O)CC[C@@]43C)C1CCC2O. The fourth-order valence-corrected chi connectivity index (χ4v) is 8.19. The lowest BCUT2D eigenvalue weighted by Gasteiger charge is -2.57. The van der Waals surface area contributed by atoms with Crippen molar-refractivity contribution in [2.24, 2.45) is 33.7 Å². The van der Waals surface area contributed by atoms with Gasteiger partial charge in [0, 0.05) is 13.0 Å². The molecule has 0 aromatic heterocycles. The summed E-state index contributed by atoms with van der Waals surface area (Å²) in [5.41, 5.74) is 2.52. The predicted molar refractivity (Wildman–Crippen MR) is 125 cm³/mol. The second kappa shape index (κ2) is 8.63. The Labute approximate surface area is 201 Å². The molecule has 5 aliphatic rings. The van der Waals surface area contributed by atoms with Crippen LogP contribution >= 0.6 is 0 Å². The number of carbonyl (C=O) groups excluding carboxylic acids is 1. The van der Waals surface area contributed by atoms with Crippen molar-refractivity contribution in [3.8, 4) is 0 Å². The van der Waals surface area contributed by atoms with Crippen molar-refractivity contribution in [3.63, 3.8) is 0 Å². The van der Waals surface area contributed by atoms with Gasteiger partial charge in [0.25, 0.3) is 5.91 Å².